The largest absolute Gasteiger partial charge is 0.469 e. The summed E-state index contributed by atoms with van der Waals surface area (Å²) in [6.45, 7) is 5.80. The molecule has 3 rings (SSSR count). The molecule has 0 aliphatic carbocycles. The Kier molecular flexibility index (Phi) is 6.04. The van der Waals surface area contributed by atoms with Gasteiger partial charge >= 0.3 is 5.97 Å². The van der Waals surface area contributed by atoms with Crippen molar-refractivity contribution in [3.63, 3.8) is 0 Å². The van der Waals surface area contributed by atoms with Crippen molar-refractivity contribution in [2.75, 3.05) is 46.5 Å². The summed E-state index contributed by atoms with van der Waals surface area (Å²) in [7, 11) is 1.41. The standard InChI is InChI=1S/C17H26N4O4/c1-24-17(23)4-5-19-6-7-21-15(13-19)12-14(18-21)2-3-16(22)20-8-10-25-11-9-20/h12H,2-11,13H2,1H3. The summed E-state index contributed by atoms with van der Waals surface area (Å²) in [5.74, 6) is -0.00429. The number of carbonyl (C=O) groups is 2. The third-order valence-corrected chi connectivity index (χ3v) is 4.75. The SMILES string of the molecule is COC(=O)CCN1CCn2nc(CCC(=O)N3CCOCC3)cc2C1. The molecule has 0 atom stereocenters. The van der Waals surface area contributed by atoms with Crippen molar-refractivity contribution in [1.82, 2.24) is 19.6 Å². The molecule has 2 aliphatic heterocycles. The minimum Gasteiger partial charge on any atom is -0.469 e. The molecule has 0 unspecified atom stereocenters. The van der Waals surface area contributed by atoms with Crippen LogP contribution in [0.15, 0.2) is 6.07 Å². The van der Waals surface area contributed by atoms with Gasteiger partial charge in [-0.05, 0) is 6.07 Å². The van der Waals surface area contributed by atoms with E-state index in [1.165, 1.54) is 7.11 Å². The highest BCUT2D eigenvalue weighted by Gasteiger charge is 2.20. The predicted molar refractivity (Wildman–Crippen MR) is 89.9 cm³/mol. The van der Waals surface area contributed by atoms with E-state index in [0.29, 0.717) is 52.1 Å². The van der Waals surface area contributed by atoms with Gasteiger partial charge in [-0.2, -0.15) is 5.10 Å². The van der Waals surface area contributed by atoms with E-state index in [2.05, 4.69) is 16.1 Å². The lowest BCUT2D eigenvalue weighted by Crippen LogP contribution is -2.40. The van der Waals surface area contributed by atoms with Crippen molar-refractivity contribution < 1.29 is 19.1 Å². The topological polar surface area (TPSA) is 76.9 Å². The number of fused-ring (bicyclic) bond motifs is 1. The number of amides is 1. The molecule has 1 aromatic heterocycles. The molecule has 25 heavy (non-hydrogen) atoms. The lowest BCUT2D eigenvalue weighted by molar-refractivity contribution is -0.141. The summed E-state index contributed by atoms with van der Waals surface area (Å²) in [4.78, 5) is 27.6. The highest BCUT2D eigenvalue weighted by Crippen LogP contribution is 2.15. The summed E-state index contributed by atoms with van der Waals surface area (Å²) in [5, 5.41) is 4.62. The fraction of sp³-hybridized carbons (Fsp3) is 0.706. The zero-order chi connectivity index (χ0) is 17.6. The maximum atomic E-state index is 12.2. The fourth-order valence-corrected chi connectivity index (χ4v) is 3.25. The maximum Gasteiger partial charge on any atom is 0.306 e. The monoisotopic (exact) mass is 350 g/mol. The van der Waals surface area contributed by atoms with Gasteiger partial charge in [-0.3, -0.25) is 19.2 Å². The molecule has 1 fully saturated rings. The van der Waals surface area contributed by atoms with Crippen molar-refractivity contribution in [1.29, 1.82) is 0 Å². The molecular formula is C17H26N4O4. The fourth-order valence-electron chi connectivity index (χ4n) is 3.25. The quantitative estimate of drug-likeness (QED) is 0.675. The number of methoxy groups -OCH3 is 1. The predicted octanol–water partition coefficient (Wildman–Crippen LogP) is 0.0532. The number of carbonyl (C=O) groups excluding carboxylic acids is 2. The van der Waals surface area contributed by atoms with Crippen molar-refractivity contribution in [3.8, 4) is 0 Å². The number of ether oxygens (including phenoxy) is 2. The Labute approximate surface area is 147 Å². The Hall–Kier alpha value is -1.93. The van der Waals surface area contributed by atoms with Gasteiger partial charge in [-0.15, -0.1) is 0 Å². The lowest BCUT2D eigenvalue weighted by Gasteiger charge is -2.26. The summed E-state index contributed by atoms with van der Waals surface area (Å²) in [6, 6.07) is 2.08. The molecule has 0 spiro atoms. The van der Waals surface area contributed by atoms with E-state index in [9.17, 15) is 9.59 Å². The molecule has 0 N–H and O–H groups in total. The summed E-state index contributed by atoms with van der Waals surface area (Å²) in [6.07, 6.45) is 1.56. The van der Waals surface area contributed by atoms with Gasteiger partial charge in [0.15, 0.2) is 0 Å². The maximum absolute atomic E-state index is 12.2. The molecule has 1 saturated heterocycles. The first kappa shape index (κ1) is 17.9. The molecule has 1 aromatic rings. The first-order chi connectivity index (χ1) is 12.2. The van der Waals surface area contributed by atoms with Gasteiger partial charge in [0.25, 0.3) is 0 Å². The van der Waals surface area contributed by atoms with Gasteiger partial charge < -0.3 is 14.4 Å². The van der Waals surface area contributed by atoms with Crippen LogP contribution in [0.4, 0.5) is 0 Å². The van der Waals surface area contributed by atoms with Crippen molar-refractivity contribution >= 4 is 11.9 Å². The van der Waals surface area contributed by atoms with Crippen LogP contribution < -0.4 is 0 Å². The molecule has 1 amide bonds. The third kappa shape index (κ3) is 4.79. The van der Waals surface area contributed by atoms with Crippen LogP contribution in [-0.2, 0) is 38.6 Å². The Morgan fingerprint density at radius 1 is 1.20 bits per heavy atom. The van der Waals surface area contributed by atoms with Crippen molar-refractivity contribution in [3.05, 3.63) is 17.5 Å². The summed E-state index contributed by atoms with van der Waals surface area (Å²) >= 11 is 0. The Morgan fingerprint density at radius 3 is 2.76 bits per heavy atom. The number of esters is 1. The number of morpholine rings is 1. The van der Waals surface area contributed by atoms with Crippen LogP contribution in [0.5, 0.6) is 0 Å². The molecule has 2 aliphatic rings. The van der Waals surface area contributed by atoms with Gasteiger partial charge in [0.1, 0.15) is 0 Å². The minimum atomic E-state index is -0.179. The highest BCUT2D eigenvalue weighted by molar-refractivity contribution is 5.76. The van der Waals surface area contributed by atoms with Crippen molar-refractivity contribution in [2.24, 2.45) is 0 Å². The third-order valence-electron chi connectivity index (χ3n) is 4.75. The molecule has 8 heteroatoms. The van der Waals surface area contributed by atoms with Crippen LogP contribution in [0.25, 0.3) is 0 Å². The molecule has 8 nitrogen and oxygen atoms in total. The molecule has 0 bridgehead atoms. The summed E-state index contributed by atoms with van der Waals surface area (Å²) < 4.78 is 12.0. The van der Waals surface area contributed by atoms with Gasteiger partial charge in [0.2, 0.25) is 5.91 Å². The number of rotatable bonds is 6. The second-order valence-electron chi connectivity index (χ2n) is 6.45. The number of nitrogens with zero attached hydrogens (tertiary/aromatic N) is 4. The second kappa shape index (κ2) is 8.44. The van der Waals surface area contributed by atoms with Crippen molar-refractivity contribution in [2.45, 2.75) is 32.4 Å². The summed E-state index contributed by atoms with van der Waals surface area (Å²) in [5.41, 5.74) is 2.11. The first-order valence-electron chi connectivity index (χ1n) is 8.86. The molecule has 3 heterocycles. The Bertz CT molecular complexity index is 610. The molecule has 0 radical (unpaired) electrons. The lowest BCUT2D eigenvalue weighted by atomic mass is 10.2. The van der Waals surface area contributed by atoms with Gasteiger partial charge in [0.05, 0.1) is 44.7 Å². The smallest absolute Gasteiger partial charge is 0.306 e. The molecular weight excluding hydrogens is 324 g/mol. The Morgan fingerprint density at radius 2 is 2.00 bits per heavy atom. The van der Waals surface area contributed by atoms with E-state index in [0.717, 1.165) is 31.0 Å². The van der Waals surface area contributed by atoms with E-state index < -0.39 is 0 Å². The molecule has 0 aromatic carbocycles. The molecule has 138 valence electrons. The van der Waals surface area contributed by atoms with Crippen LogP contribution in [-0.4, -0.2) is 78.0 Å². The average Bonchev–Trinajstić information content (AvgIpc) is 3.07. The van der Waals surface area contributed by atoms with Crippen LogP contribution in [0.1, 0.15) is 24.2 Å². The minimum absolute atomic E-state index is 0.175. The van der Waals surface area contributed by atoms with Crippen LogP contribution in [0.2, 0.25) is 0 Å². The van der Waals surface area contributed by atoms with Crippen LogP contribution in [0.3, 0.4) is 0 Å². The second-order valence-corrected chi connectivity index (χ2v) is 6.45. The number of aromatic nitrogens is 2. The van der Waals surface area contributed by atoms with E-state index in [4.69, 9.17) is 9.47 Å². The number of aryl methyl sites for hydroxylation is 1. The van der Waals surface area contributed by atoms with Gasteiger partial charge in [0, 0.05) is 45.6 Å². The zero-order valence-corrected chi connectivity index (χ0v) is 14.8. The van der Waals surface area contributed by atoms with E-state index in [1.54, 1.807) is 0 Å². The van der Waals surface area contributed by atoms with Crippen LogP contribution >= 0.6 is 0 Å². The van der Waals surface area contributed by atoms with E-state index >= 15 is 0 Å². The first-order valence-corrected chi connectivity index (χ1v) is 8.86. The van der Waals surface area contributed by atoms with E-state index in [1.807, 2.05) is 9.58 Å². The zero-order valence-electron chi connectivity index (χ0n) is 14.8. The molecule has 0 saturated carbocycles. The Balaban J connectivity index is 1.48. The number of hydrogen-bond donors (Lipinski definition) is 0. The van der Waals surface area contributed by atoms with Gasteiger partial charge in [-0.1, -0.05) is 0 Å². The van der Waals surface area contributed by atoms with Gasteiger partial charge in [-0.25, -0.2) is 0 Å². The average molecular weight is 350 g/mol. The van der Waals surface area contributed by atoms with Crippen LogP contribution in [0, 0.1) is 0 Å². The number of hydrogen-bond acceptors (Lipinski definition) is 6. The highest BCUT2D eigenvalue weighted by atomic mass is 16.5. The van der Waals surface area contributed by atoms with E-state index in [-0.39, 0.29) is 11.9 Å². The normalized spacial score (nSPS) is 18.0.